The van der Waals surface area contributed by atoms with E-state index >= 15 is 0 Å². The fourth-order valence-corrected chi connectivity index (χ4v) is 3.41. The molecule has 0 fully saturated rings. The quantitative estimate of drug-likeness (QED) is 0.444. The summed E-state index contributed by atoms with van der Waals surface area (Å²) < 4.78 is 39.5. The first-order valence-corrected chi connectivity index (χ1v) is 10.3. The van der Waals surface area contributed by atoms with Gasteiger partial charge in [-0.25, -0.2) is 4.98 Å². The Morgan fingerprint density at radius 1 is 1.31 bits per heavy atom. The number of aryl methyl sites for hydroxylation is 1. The number of anilines is 2. The molecule has 0 bridgehead atoms. The van der Waals surface area contributed by atoms with Crippen LogP contribution in [0.15, 0.2) is 53.8 Å². The molecule has 29 heavy (non-hydrogen) atoms. The molecule has 152 valence electrons. The summed E-state index contributed by atoms with van der Waals surface area (Å²) in [5, 5.41) is 13.8. The number of amides is 1. The van der Waals surface area contributed by atoms with E-state index in [0.717, 1.165) is 29.7 Å². The molecular weight excluding hydrogens is 382 g/mol. The van der Waals surface area contributed by atoms with Gasteiger partial charge in [0.15, 0.2) is 5.13 Å². The van der Waals surface area contributed by atoms with Gasteiger partial charge in [-0.15, -0.1) is 11.3 Å². The molecule has 1 heterocycles. The SMILES string of the molecule is [2H]c1sc(N)nc1CC(=O)Nc1ccc(CCCC[C@H](O)c2c([2H])c([2H])c([2H])c(C)c2[2H])cc1. The fourth-order valence-electron chi connectivity index (χ4n) is 2.91. The third-order valence-corrected chi connectivity index (χ3v) is 5.02. The van der Waals surface area contributed by atoms with E-state index in [-0.39, 0.29) is 52.5 Å². The van der Waals surface area contributed by atoms with Crippen molar-refractivity contribution in [2.24, 2.45) is 0 Å². The number of nitrogens with two attached hydrogens (primary N) is 1. The van der Waals surface area contributed by atoms with E-state index in [4.69, 9.17) is 12.6 Å². The molecule has 0 saturated heterocycles. The Balaban J connectivity index is 1.48. The van der Waals surface area contributed by atoms with Crippen LogP contribution in [0.5, 0.6) is 0 Å². The summed E-state index contributed by atoms with van der Waals surface area (Å²) in [6, 6.07) is 6.75. The molecule has 3 aromatic rings. The van der Waals surface area contributed by atoms with Crippen molar-refractivity contribution in [3.63, 3.8) is 0 Å². The lowest BCUT2D eigenvalue weighted by molar-refractivity contribution is -0.115. The van der Waals surface area contributed by atoms with E-state index in [1.165, 1.54) is 0 Å². The van der Waals surface area contributed by atoms with Gasteiger partial charge in [-0.3, -0.25) is 4.79 Å². The van der Waals surface area contributed by atoms with Crippen molar-refractivity contribution in [1.82, 2.24) is 4.98 Å². The van der Waals surface area contributed by atoms with Crippen LogP contribution in [0.2, 0.25) is 0 Å². The molecule has 0 aliphatic heterocycles. The predicted octanol–water partition coefficient (Wildman–Crippen LogP) is 4.66. The third kappa shape index (κ3) is 6.69. The summed E-state index contributed by atoms with van der Waals surface area (Å²) in [5.41, 5.74) is 8.06. The number of aliphatic hydroxyl groups is 1. The Bertz CT molecular complexity index is 1160. The molecule has 0 unspecified atom stereocenters. The number of nitrogens with one attached hydrogen (secondary N) is 1. The number of carbonyl (C=O) groups is 1. The first kappa shape index (κ1) is 15.2. The number of rotatable bonds is 9. The molecule has 4 N–H and O–H groups in total. The van der Waals surface area contributed by atoms with Crippen LogP contribution in [0, 0.1) is 6.92 Å². The lowest BCUT2D eigenvalue weighted by Crippen LogP contribution is -2.14. The minimum absolute atomic E-state index is 0.0115. The van der Waals surface area contributed by atoms with Gasteiger partial charge >= 0.3 is 0 Å². The fraction of sp³-hybridized carbons (Fsp3) is 0.304. The molecule has 1 aromatic heterocycles. The number of benzene rings is 2. The molecule has 0 aliphatic carbocycles. The number of aliphatic hydroxyl groups excluding tert-OH is 1. The van der Waals surface area contributed by atoms with Crippen LogP contribution in [0.1, 0.15) is 54.6 Å². The molecule has 2 aromatic carbocycles. The number of nitrogens with zero attached hydrogens (tertiary/aromatic N) is 1. The van der Waals surface area contributed by atoms with Gasteiger partial charge in [0.25, 0.3) is 0 Å². The maximum absolute atomic E-state index is 12.2. The average molecular weight is 415 g/mol. The van der Waals surface area contributed by atoms with Crippen LogP contribution in [0.3, 0.4) is 0 Å². The summed E-state index contributed by atoms with van der Waals surface area (Å²) in [6.45, 7) is 1.56. The van der Waals surface area contributed by atoms with Gasteiger partial charge in [-0.05, 0) is 49.4 Å². The zero-order valence-electron chi connectivity index (χ0n) is 21.2. The second kappa shape index (κ2) is 10.2. The highest BCUT2D eigenvalue weighted by atomic mass is 32.1. The highest BCUT2D eigenvalue weighted by Gasteiger charge is 2.08. The first-order chi connectivity index (χ1) is 16.1. The number of carbonyl (C=O) groups excluding carboxylic acids is 1. The normalized spacial score (nSPS) is 14.3. The number of hydrogen-bond donors (Lipinski definition) is 3. The van der Waals surface area contributed by atoms with Crippen LogP contribution in [-0.4, -0.2) is 16.0 Å². The van der Waals surface area contributed by atoms with Crippen LogP contribution in [0.4, 0.5) is 10.8 Å². The Hall–Kier alpha value is -2.70. The van der Waals surface area contributed by atoms with Gasteiger partial charge in [0.05, 0.1) is 25.1 Å². The molecule has 0 spiro atoms. The van der Waals surface area contributed by atoms with E-state index in [9.17, 15) is 9.90 Å². The van der Waals surface area contributed by atoms with Gasteiger partial charge < -0.3 is 16.2 Å². The molecule has 0 saturated carbocycles. The van der Waals surface area contributed by atoms with E-state index < -0.39 is 6.10 Å². The third-order valence-electron chi connectivity index (χ3n) is 4.38. The lowest BCUT2D eigenvalue weighted by Gasteiger charge is -2.11. The summed E-state index contributed by atoms with van der Waals surface area (Å²) in [7, 11) is 0. The number of hydrogen-bond acceptors (Lipinski definition) is 5. The summed E-state index contributed by atoms with van der Waals surface area (Å²) in [4.78, 5) is 16.2. The maximum atomic E-state index is 12.2. The molecule has 3 rings (SSSR count). The van der Waals surface area contributed by atoms with Gasteiger partial charge in [0.1, 0.15) is 0 Å². The molecule has 1 amide bonds. The molecule has 6 heteroatoms. The van der Waals surface area contributed by atoms with Gasteiger partial charge in [0, 0.05) is 11.0 Å². The zero-order chi connectivity index (χ0) is 25.0. The smallest absolute Gasteiger partial charge is 0.230 e. The van der Waals surface area contributed by atoms with Crippen molar-refractivity contribution < 1.29 is 16.8 Å². The summed E-state index contributed by atoms with van der Waals surface area (Å²) in [6.07, 6.45) is 1.54. The Labute approximate surface area is 182 Å². The van der Waals surface area contributed by atoms with E-state index in [0.29, 0.717) is 29.8 Å². The summed E-state index contributed by atoms with van der Waals surface area (Å²) in [5.74, 6) is -0.271. The molecule has 0 radical (unpaired) electrons. The van der Waals surface area contributed by atoms with Gasteiger partial charge in [0.2, 0.25) is 5.91 Å². The zero-order valence-corrected chi connectivity index (χ0v) is 17.0. The van der Waals surface area contributed by atoms with Crippen molar-refractivity contribution in [1.29, 1.82) is 0 Å². The van der Waals surface area contributed by atoms with Crippen LogP contribution >= 0.6 is 11.3 Å². The maximum Gasteiger partial charge on any atom is 0.230 e. The monoisotopic (exact) mass is 414 g/mol. The minimum Gasteiger partial charge on any atom is -0.388 e. The molecule has 5 nitrogen and oxygen atoms in total. The second-order valence-corrected chi connectivity index (χ2v) is 7.65. The highest BCUT2D eigenvalue weighted by molar-refractivity contribution is 7.13. The Morgan fingerprint density at radius 2 is 2.10 bits per heavy atom. The topological polar surface area (TPSA) is 88.2 Å². The van der Waals surface area contributed by atoms with Crippen molar-refractivity contribution in [3.8, 4) is 0 Å². The minimum atomic E-state index is -1.02. The second-order valence-electron chi connectivity index (χ2n) is 6.82. The largest absolute Gasteiger partial charge is 0.388 e. The van der Waals surface area contributed by atoms with E-state index in [1.54, 1.807) is 19.1 Å². The number of nitrogen functional groups attached to an aromatic ring is 1. The van der Waals surface area contributed by atoms with Crippen LogP contribution in [0.25, 0.3) is 0 Å². The van der Waals surface area contributed by atoms with Gasteiger partial charge in [-0.1, -0.05) is 48.3 Å². The van der Waals surface area contributed by atoms with Gasteiger partial charge in [-0.2, -0.15) is 0 Å². The number of unbranched alkanes of at least 4 members (excludes halogenated alkanes) is 1. The average Bonchev–Trinajstić information content (AvgIpc) is 3.11. The standard InChI is InChI=1S/C23H27N3O2S/c1-16-5-4-7-18(13-16)21(27)8-3-2-6-17-9-11-19(12-10-17)25-22(28)14-20-15-29-23(24)26-20/h4-5,7,9-13,15,21,27H,2-3,6,8,14H2,1H3,(H2,24,26)(H,25,28)/t21-/m0/s1/i4D,5D,7D,13D,15D. The Morgan fingerprint density at radius 3 is 2.83 bits per heavy atom. The Kier molecular flexibility index (Phi) is 5.33. The van der Waals surface area contributed by atoms with Crippen LogP contribution < -0.4 is 11.1 Å². The lowest BCUT2D eigenvalue weighted by atomic mass is 10.00. The van der Waals surface area contributed by atoms with Crippen molar-refractivity contribution in [3.05, 3.63) is 76.2 Å². The predicted molar refractivity (Wildman–Crippen MR) is 119 cm³/mol. The highest BCUT2D eigenvalue weighted by Crippen LogP contribution is 2.21. The van der Waals surface area contributed by atoms with E-state index in [1.807, 2.05) is 12.1 Å². The first-order valence-electron chi connectivity index (χ1n) is 11.9. The number of thiazole rings is 1. The summed E-state index contributed by atoms with van der Waals surface area (Å²) >= 11 is 1.04. The molecule has 1 atom stereocenters. The van der Waals surface area contributed by atoms with E-state index in [2.05, 4.69) is 10.3 Å². The molecule has 0 aliphatic rings. The number of aromatic nitrogens is 1. The molecular formula is C23H27N3O2S. The van der Waals surface area contributed by atoms with Crippen molar-refractivity contribution in [2.75, 3.05) is 11.1 Å². The van der Waals surface area contributed by atoms with Crippen molar-refractivity contribution in [2.45, 2.75) is 45.1 Å². The van der Waals surface area contributed by atoms with Crippen LogP contribution in [-0.2, 0) is 17.6 Å². The van der Waals surface area contributed by atoms with Crippen molar-refractivity contribution >= 4 is 28.1 Å².